The summed E-state index contributed by atoms with van der Waals surface area (Å²) in [6.45, 7) is 4.34. The Balaban J connectivity index is 1.80. The number of hydrogen-bond donors (Lipinski definition) is 1. The van der Waals surface area contributed by atoms with Gasteiger partial charge in [-0.1, -0.05) is 44.0 Å². The molecule has 29 heavy (non-hydrogen) atoms. The van der Waals surface area contributed by atoms with Crippen LogP contribution in [0.25, 0.3) is 11.0 Å². The number of nitrogens with zero attached hydrogens (tertiary/aromatic N) is 2. The molecule has 0 bridgehead atoms. The van der Waals surface area contributed by atoms with E-state index in [4.69, 9.17) is 4.74 Å². The first kappa shape index (κ1) is 19.2. The van der Waals surface area contributed by atoms with E-state index in [9.17, 15) is 9.18 Å². The van der Waals surface area contributed by atoms with E-state index in [1.54, 1.807) is 12.1 Å². The number of allylic oxidation sites excluding steroid dienone is 1. The van der Waals surface area contributed by atoms with E-state index in [0.29, 0.717) is 23.8 Å². The van der Waals surface area contributed by atoms with Gasteiger partial charge in [0.05, 0.1) is 29.3 Å². The summed E-state index contributed by atoms with van der Waals surface area (Å²) in [6.07, 6.45) is 2.91. The van der Waals surface area contributed by atoms with E-state index in [1.165, 1.54) is 12.1 Å². The molecule has 0 saturated carbocycles. The number of benzene rings is 2. The molecule has 1 aliphatic rings. The molecule has 4 rings (SSSR count). The van der Waals surface area contributed by atoms with Gasteiger partial charge in [-0.05, 0) is 43.2 Å². The fourth-order valence-electron chi connectivity index (χ4n) is 3.78. The zero-order chi connectivity index (χ0) is 20.4. The van der Waals surface area contributed by atoms with Crippen LogP contribution in [0.1, 0.15) is 44.7 Å². The number of anilines is 1. The van der Waals surface area contributed by atoms with Crippen LogP contribution in [0, 0.1) is 5.82 Å². The Morgan fingerprint density at radius 1 is 1.17 bits per heavy atom. The number of carbonyl (C=O) groups is 1. The van der Waals surface area contributed by atoms with Crippen molar-refractivity contribution in [2.75, 3.05) is 11.9 Å². The van der Waals surface area contributed by atoms with Crippen molar-refractivity contribution >= 4 is 23.0 Å². The molecule has 0 fully saturated rings. The summed E-state index contributed by atoms with van der Waals surface area (Å²) in [7, 11) is 0. The number of ether oxygens (including phenoxy) is 1. The van der Waals surface area contributed by atoms with Crippen LogP contribution in [0.3, 0.4) is 0 Å². The maximum atomic E-state index is 13.6. The van der Waals surface area contributed by atoms with Gasteiger partial charge in [-0.15, -0.1) is 0 Å². The number of nitrogens with one attached hydrogen (secondary N) is 1. The van der Waals surface area contributed by atoms with Gasteiger partial charge in [0.2, 0.25) is 5.95 Å². The number of hydrogen-bond acceptors (Lipinski definition) is 4. The molecule has 0 spiro atoms. The fourth-order valence-corrected chi connectivity index (χ4v) is 3.78. The number of para-hydroxylation sites is 2. The van der Waals surface area contributed by atoms with Crippen LogP contribution in [-0.4, -0.2) is 22.1 Å². The summed E-state index contributed by atoms with van der Waals surface area (Å²) in [4.78, 5) is 17.7. The summed E-state index contributed by atoms with van der Waals surface area (Å²) < 4.78 is 21.2. The van der Waals surface area contributed by atoms with Gasteiger partial charge in [-0.2, -0.15) is 0 Å². The van der Waals surface area contributed by atoms with Crippen molar-refractivity contribution in [2.24, 2.45) is 0 Å². The number of aromatic nitrogens is 2. The summed E-state index contributed by atoms with van der Waals surface area (Å²) in [5.41, 5.74) is 3.74. The highest BCUT2D eigenvalue weighted by Crippen LogP contribution is 2.39. The van der Waals surface area contributed by atoms with E-state index in [0.717, 1.165) is 35.9 Å². The number of halogens is 1. The normalized spacial score (nSPS) is 15.9. The fraction of sp³-hybridized carbons (Fsp3) is 0.304. The lowest BCUT2D eigenvalue weighted by atomic mass is 9.95. The lowest BCUT2D eigenvalue weighted by molar-refractivity contribution is -0.139. The van der Waals surface area contributed by atoms with Crippen LogP contribution in [0.4, 0.5) is 10.3 Å². The number of carbonyl (C=O) groups excluding carboxylic acids is 1. The van der Waals surface area contributed by atoms with Crippen LogP contribution in [0.5, 0.6) is 0 Å². The van der Waals surface area contributed by atoms with Gasteiger partial charge < -0.3 is 10.1 Å². The quantitative estimate of drug-likeness (QED) is 0.462. The molecule has 0 aliphatic carbocycles. The Labute approximate surface area is 169 Å². The molecule has 1 N–H and O–H groups in total. The molecule has 1 aliphatic heterocycles. The third-order valence-corrected chi connectivity index (χ3v) is 5.22. The second-order valence-corrected chi connectivity index (χ2v) is 7.25. The molecule has 2 heterocycles. The zero-order valence-electron chi connectivity index (χ0n) is 16.6. The number of esters is 1. The SMILES string of the molecule is CCCCCOC(=O)C1=C(C)Nc2nc3ccccc3n2[C@H]1c1ccc(F)cc1. The first-order valence-electron chi connectivity index (χ1n) is 9.97. The van der Waals surface area contributed by atoms with Gasteiger partial charge in [-0.25, -0.2) is 14.2 Å². The van der Waals surface area contributed by atoms with Gasteiger partial charge in [0.25, 0.3) is 0 Å². The molecule has 0 unspecified atom stereocenters. The smallest absolute Gasteiger partial charge is 0.338 e. The maximum Gasteiger partial charge on any atom is 0.338 e. The van der Waals surface area contributed by atoms with E-state index >= 15 is 0 Å². The average molecular weight is 393 g/mol. The predicted molar refractivity (Wildman–Crippen MR) is 111 cm³/mol. The molecule has 150 valence electrons. The van der Waals surface area contributed by atoms with Crippen LogP contribution in [0.15, 0.2) is 59.8 Å². The van der Waals surface area contributed by atoms with Crippen molar-refractivity contribution in [2.45, 2.75) is 39.2 Å². The minimum absolute atomic E-state index is 0.317. The standard InChI is InChI=1S/C23H24FN3O2/c1-3-4-7-14-29-22(28)20-15(2)25-23-26-18-8-5-6-9-19(18)27(23)21(20)16-10-12-17(24)13-11-16/h5-6,8-13,21H,3-4,7,14H2,1-2H3,(H,25,26)/t21-/m0/s1. The first-order valence-corrected chi connectivity index (χ1v) is 9.97. The topological polar surface area (TPSA) is 56.1 Å². The van der Waals surface area contributed by atoms with Gasteiger partial charge >= 0.3 is 5.97 Å². The second kappa shape index (κ2) is 8.07. The molecule has 0 radical (unpaired) electrons. The summed E-state index contributed by atoms with van der Waals surface area (Å²) in [5, 5.41) is 3.25. The van der Waals surface area contributed by atoms with Crippen LogP contribution in [0.2, 0.25) is 0 Å². The van der Waals surface area contributed by atoms with Gasteiger partial charge in [0, 0.05) is 5.70 Å². The molecular weight excluding hydrogens is 369 g/mol. The van der Waals surface area contributed by atoms with Crippen molar-refractivity contribution in [3.8, 4) is 0 Å². The summed E-state index contributed by atoms with van der Waals surface area (Å²) >= 11 is 0. The van der Waals surface area contributed by atoms with E-state index in [-0.39, 0.29) is 11.8 Å². The lowest BCUT2D eigenvalue weighted by Gasteiger charge is -2.30. The minimum atomic E-state index is -0.446. The van der Waals surface area contributed by atoms with E-state index < -0.39 is 6.04 Å². The predicted octanol–water partition coefficient (Wildman–Crippen LogP) is 5.20. The molecule has 3 aromatic rings. The highest BCUT2D eigenvalue weighted by atomic mass is 19.1. The third-order valence-electron chi connectivity index (χ3n) is 5.22. The van der Waals surface area contributed by atoms with Crippen LogP contribution < -0.4 is 5.32 Å². The van der Waals surface area contributed by atoms with Crippen molar-refractivity contribution in [1.82, 2.24) is 9.55 Å². The van der Waals surface area contributed by atoms with Crippen LogP contribution in [-0.2, 0) is 9.53 Å². The highest BCUT2D eigenvalue weighted by Gasteiger charge is 2.34. The Kier molecular flexibility index (Phi) is 5.34. The number of rotatable bonds is 6. The van der Waals surface area contributed by atoms with Crippen molar-refractivity contribution in [1.29, 1.82) is 0 Å². The molecule has 1 aromatic heterocycles. The zero-order valence-corrected chi connectivity index (χ0v) is 16.6. The maximum absolute atomic E-state index is 13.6. The summed E-state index contributed by atoms with van der Waals surface area (Å²) in [6, 6.07) is 13.6. The third kappa shape index (κ3) is 3.62. The van der Waals surface area contributed by atoms with Crippen molar-refractivity contribution < 1.29 is 13.9 Å². The highest BCUT2D eigenvalue weighted by molar-refractivity contribution is 5.94. The first-order chi connectivity index (χ1) is 14.1. The molecule has 5 nitrogen and oxygen atoms in total. The monoisotopic (exact) mass is 393 g/mol. The molecular formula is C23H24FN3O2. The molecule has 6 heteroatoms. The Morgan fingerprint density at radius 2 is 1.93 bits per heavy atom. The van der Waals surface area contributed by atoms with Crippen molar-refractivity contribution in [3.05, 3.63) is 71.2 Å². The van der Waals surface area contributed by atoms with Gasteiger partial charge in [0.15, 0.2) is 0 Å². The number of imidazole rings is 1. The van der Waals surface area contributed by atoms with Crippen LogP contribution >= 0.6 is 0 Å². The van der Waals surface area contributed by atoms with Crippen molar-refractivity contribution in [3.63, 3.8) is 0 Å². The number of fused-ring (bicyclic) bond motifs is 3. The largest absolute Gasteiger partial charge is 0.462 e. The van der Waals surface area contributed by atoms with E-state index in [2.05, 4.69) is 17.2 Å². The number of unbranched alkanes of at least 4 members (excludes halogenated alkanes) is 2. The Bertz CT molecular complexity index is 1070. The second-order valence-electron chi connectivity index (χ2n) is 7.25. The summed E-state index contributed by atoms with van der Waals surface area (Å²) in [5.74, 6) is -0.0211. The Hall–Kier alpha value is -3.15. The molecule has 1 atom stereocenters. The molecule has 0 saturated heterocycles. The lowest BCUT2D eigenvalue weighted by Crippen LogP contribution is -2.29. The molecule has 2 aromatic carbocycles. The van der Waals surface area contributed by atoms with Gasteiger partial charge in [0.1, 0.15) is 5.82 Å². The minimum Gasteiger partial charge on any atom is -0.462 e. The Morgan fingerprint density at radius 3 is 2.69 bits per heavy atom. The van der Waals surface area contributed by atoms with E-state index in [1.807, 2.05) is 35.8 Å². The average Bonchev–Trinajstić information content (AvgIpc) is 3.08. The van der Waals surface area contributed by atoms with Gasteiger partial charge in [-0.3, -0.25) is 4.57 Å². The molecule has 0 amide bonds.